The Morgan fingerprint density at radius 1 is 1.43 bits per heavy atom. The summed E-state index contributed by atoms with van der Waals surface area (Å²) in [5, 5.41) is 15.7. The van der Waals surface area contributed by atoms with E-state index in [4.69, 9.17) is 11.0 Å². The van der Waals surface area contributed by atoms with Crippen LogP contribution >= 0.6 is 0 Å². The Kier molecular flexibility index (Phi) is 4.14. The molecule has 7 nitrogen and oxygen atoms in total. The maximum absolute atomic E-state index is 12.3. The number of nitriles is 1. The van der Waals surface area contributed by atoms with E-state index in [0.29, 0.717) is 5.69 Å². The summed E-state index contributed by atoms with van der Waals surface area (Å²) in [5.41, 5.74) is 6.71. The van der Waals surface area contributed by atoms with Crippen molar-refractivity contribution in [2.45, 2.75) is 24.7 Å². The van der Waals surface area contributed by atoms with E-state index in [1.165, 1.54) is 18.2 Å². The second-order valence-corrected chi connectivity index (χ2v) is 6.15. The number of nitrogen functional groups attached to an aromatic ring is 1. The molecule has 21 heavy (non-hydrogen) atoms. The number of hydrogen-bond donors (Lipinski definition) is 3. The monoisotopic (exact) mass is 305 g/mol. The van der Waals surface area contributed by atoms with Crippen LogP contribution in [0, 0.1) is 11.3 Å². The topological polar surface area (TPSA) is 125 Å². The first kappa shape index (κ1) is 14.9. The molecule has 0 aliphatic carbocycles. The molecule has 2 rings (SSSR count). The minimum Gasteiger partial charge on any atom is -0.399 e. The second-order valence-electron chi connectivity index (χ2n) is 4.50. The molecule has 0 fully saturated rings. The first-order valence-corrected chi connectivity index (χ1v) is 7.81. The van der Waals surface area contributed by atoms with Crippen LogP contribution in [0.4, 0.5) is 11.5 Å². The summed E-state index contributed by atoms with van der Waals surface area (Å²) in [4.78, 5) is -0.126. The van der Waals surface area contributed by atoms with Gasteiger partial charge in [-0.25, -0.2) is 8.42 Å². The van der Waals surface area contributed by atoms with Gasteiger partial charge in [0.15, 0.2) is 5.82 Å². The van der Waals surface area contributed by atoms with Crippen LogP contribution in [-0.2, 0) is 16.4 Å². The first-order valence-electron chi connectivity index (χ1n) is 6.33. The van der Waals surface area contributed by atoms with Gasteiger partial charge in [-0.3, -0.25) is 9.82 Å². The number of nitrogens with two attached hydrogens (primary N) is 1. The maximum Gasteiger partial charge on any atom is 0.264 e. The quantitative estimate of drug-likeness (QED) is 0.724. The second kappa shape index (κ2) is 5.85. The maximum atomic E-state index is 12.3. The van der Waals surface area contributed by atoms with Crippen molar-refractivity contribution in [2.24, 2.45) is 0 Å². The average molecular weight is 305 g/mol. The van der Waals surface area contributed by atoms with Crippen molar-refractivity contribution in [3.05, 3.63) is 35.5 Å². The van der Waals surface area contributed by atoms with Gasteiger partial charge >= 0.3 is 0 Å². The number of nitrogens with one attached hydrogen (secondary N) is 2. The molecule has 1 heterocycles. The van der Waals surface area contributed by atoms with Crippen molar-refractivity contribution in [2.75, 3.05) is 10.5 Å². The summed E-state index contributed by atoms with van der Waals surface area (Å²) >= 11 is 0. The zero-order valence-corrected chi connectivity index (χ0v) is 12.2. The van der Waals surface area contributed by atoms with E-state index in [1.54, 1.807) is 6.07 Å². The molecule has 0 bridgehead atoms. The number of nitrogens with zero attached hydrogens (tertiary/aromatic N) is 2. The van der Waals surface area contributed by atoms with Crippen LogP contribution in [0.25, 0.3) is 0 Å². The van der Waals surface area contributed by atoms with E-state index >= 15 is 0 Å². The lowest BCUT2D eigenvalue weighted by atomic mass is 10.2. The normalized spacial score (nSPS) is 11.0. The molecule has 0 aliphatic heterocycles. The number of aromatic amines is 1. The molecule has 2 aromatic rings. The van der Waals surface area contributed by atoms with E-state index in [2.05, 4.69) is 14.9 Å². The van der Waals surface area contributed by atoms with Gasteiger partial charge < -0.3 is 5.73 Å². The van der Waals surface area contributed by atoms with Gasteiger partial charge in [-0.15, -0.1) is 0 Å². The van der Waals surface area contributed by atoms with Crippen molar-refractivity contribution >= 4 is 21.5 Å². The molecule has 1 aromatic heterocycles. The molecule has 0 saturated carbocycles. The van der Waals surface area contributed by atoms with Gasteiger partial charge in [0.05, 0.1) is 5.56 Å². The Hall–Kier alpha value is -2.53. The van der Waals surface area contributed by atoms with Crippen molar-refractivity contribution in [1.82, 2.24) is 10.2 Å². The largest absolute Gasteiger partial charge is 0.399 e. The number of hydrogen-bond acceptors (Lipinski definition) is 5. The van der Waals surface area contributed by atoms with Crippen LogP contribution in [-0.4, -0.2) is 18.6 Å². The highest BCUT2D eigenvalue weighted by atomic mass is 32.2. The number of aromatic nitrogens is 2. The summed E-state index contributed by atoms with van der Waals surface area (Å²) in [6.07, 6.45) is 1.70. The highest BCUT2D eigenvalue weighted by Gasteiger charge is 2.20. The smallest absolute Gasteiger partial charge is 0.264 e. The Bertz CT molecular complexity index is 789. The van der Waals surface area contributed by atoms with E-state index in [0.717, 1.165) is 18.5 Å². The fourth-order valence-electron chi connectivity index (χ4n) is 1.87. The van der Waals surface area contributed by atoms with Crippen LogP contribution in [0.3, 0.4) is 0 Å². The predicted octanol–water partition coefficient (Wildman–Crippen LogP) is 1.62. The number of anilines is 2. The highest BCUT2D eigenvalue weighted by molar-refractivity contribution is 7.92. The third kappa shape index (κ3) is 3.32. The molecule has 0 saturated heterocycles. The van der Waals surface area contributed by atoms with Crippen molar-refractivity contribution in [3.8, 4) is 6.07 Å². The first-order chi connectivity index (χ1) is 9.96. The standard InChI is InChI=1S/C13H15N5O2S/c1-2-3-11-7-13(17-16-11)18-21(19,20)12-5-4-10(15)6-9(12)8-14/h4-7H,2-3,15H2,1H3,(H2,16,17,18). The van der Waals surface area contributed by atoms with Crippen LogP contribution in [0.15, 0.2) is 29.2 Å². The van der Waals surface area contributed by atoms with Gasteiger partial charge in [0.2, 0.25) is 0 Å². The van der Waals surface area contributed by atoms with Gasteiger partial charge in [0.25, 0.3) is 10.0 Å². The molecule has 0 unspecified atom stereocenters. The molecule has 8 heteroatoms. The number of rotatable bonds is 5. The van der Waals surface area contributed by atoms with Gasteiger partial charge in [0, 0.05) is 17.4 Å². The minimum absolute atomic E-state index is 0.00758. The molecule has 110 valence electrons. The number of benzene rings is 1. The Morgan fingerprint density at radius 2 is 2.19 bits per heavy atom. The predicted molar refractivity (Wildman–Crippen MR) is 79.0 cm³/mol. The zero-order chi connectivity index (χ0) is 15.5. The zero-order valence-electron chi connectivity index (χ0n) is 11.4. The lowest BCUT2D eigenvalue weighted by Gasteiger charge is -2.07. The van der Waals surface area contributed by atoms with Crippen molar-refractivity contribution in [3.63, 3.8) is 0 Å². The van der Waals surface area contributed by atoms with E-state index < -0.39 is 10.0 Å². The summed E-state index contributed by atoms with van der Waals surface area (Å²) in [6, 6.07) is 7.51. The fourth-order valence-corrected chi connectivity index (χ4v) is 3.00. The van der Waals surface area contributed by atoms with E-state index in [9.17, 15) is 8.42 Å². The molecule has 1 aromatic carbocycles. The molecular formula is C13H15N5O2S. The molecule has 0 atom stereocenters. The Morgan fingerprint density at radius 3 is 2.86 bits per heavy atom. The van der Waals surface area contributed by atoms with Crippen LogP contribution in [0.5, 0.6) is 0 Å². The lowest BCUT2D eigenvalue weighted by Crippen LogP contribution is -2.14. The average Bonchev–Trinajstić information content (AvgIpc) is 2.85. The number of sulfonamides is 1. The molecular weight excluding hydrogens is 290 g/mol. The van der Waals surface area contributed by atoms with E-state index in [1.807, 2.05) is 13.0 Å². The van der Waals surface area contributed by atoms with Gasteiger partial charge in [0.1, 0.15) is 11.0 Å². The third-order valence-corrected chi connectivity index (χ3v) is 4.22. The van der Waals surface area contributed by atoms with Gasteiger partial charge in [-0.2, -0.15) is 10.4 Å². The molecule has 0 spiro atoms. The summed E-state index contributed by atoms with van der Waals surface area (Å²) in [5.74, 6) is 0.194. The van der Waals surface area contributed by atoms with Gasteiger partial charge in [-0.05, 0) is 24.6 Å². The highest BCUT2D eigenvalue weighted by Crippen LogP contribution is 2.21. The Balaban J connectivity index is 2.32. The molecule has 0 radical (unpaired) electrons. The number of aryl methyl sites for hydroxylation is 1. The van der Waals surface area contributed by atoms with Crippen LogP contribution < -0.4 is 10.5 Å². The number of H-pyrrole nitrogens is 1. The minimum atomic E-state index is -3.89. The summed E-state index contributed by atoms with van der Waals surface area (Å²) in [6.45, 7) is 2.01. The third-order valence-electron chi connectivity index (χ3n) is 2.80. The van der Waals surface area contributed by atoms with Crippen LogP contribution in [0.1, 0.15) is 24.6 Å². The van der Waals surface area contributed by atoms with Gasteiger partial charge in [-0.1, -0.05) is 13.3 Å². The van der Waals surface area contributed by atoms with E-state index in [-0.39, 0.29) is 16.3 Å². The summed E-state index contributed by atoms with van der Waals surface area (Å²) in [7, 11) is -3.89. The van der Waals surface area contributed by atoms with Crippen molar-refractivity contribution in [1.29, 1.82) is 5.26 Å². The summed E-state index contributed by atoms with van der Waals surface area (Å²) < 4.78 is 27.0. The SMILES string of the molecule is CCCc1cc(NS(=O)(=O)c2ccc(N)cc2C#N)n[nH]1. The van der Waals surface area contributed by atoms with Crippen LogP contribution in [0.2, 0.25) is 0 Å². The fraction of sp³-hybridized carbons (Fsp3) is 0.231. The lowest BCUT2D eigenvalue weighted by molar-refractivity contribution is 0.601. The van der Waals surface area contributed by atoms with Crippen molar-refractivity contribution < 1.29 is 8.42 Å². The molecule has 4 N–H and O–H groups in total. The molecule has 0 amide bonds. The Labute approximate surface area is 122 Å². The molecule has 0 aliphatic rings.